The molecule has 2 aliphatic heterocycles. The smallest absolute Gasteiger partial charge is 0.251 e. The lowest BCUT2D eigenvalue weighted by Crippen LogP contribution is -2.44. The van der Waals surface area contributed by atoms with E-state index in [-0.39, 0.29) is 12.0 Å². The molecule has 0 radical (unpaired) electrons. The van der Waals surface area contributed by atoms with Gasteiger partial charge in [-0.25, -0.2) is 0 Å². The van der Waals surface area contributed by atoms with Crippen LogP contribution in [0.1, 0.15) is 32.6 Å². The van der Waals surface area contributed by atoms with Crippen molar-refractivity contribution in [3.8, 4) is 0 Å². The van der Waals surface area contributed by atoms with E-state index in [9.17, 15) is 4.79 Å². The third kappa shape index (κ3) is 3.42. The van der Waals surface area contributed by atoms with E-state index < -0.39 is 0 Å². The molecule has 0 bridgehead atoms. The quantitative estimate of drug-likeness (QED) is 0.797. The summed E-state index contributed by atoms with van der Waals surface area (Å²) in [6, 6.07) is 0. The molecule has 0 aliphatic carbocycles. The fraction of sp³-hybridized carbons (Fsp3) is 0.923. The zero-order valence-electron chi connectivity index (χ0n) is 10.8. The summed E-state index contributed by atoms with van der Waals surface area (Å²) in [7, 11) is 0. The molecule has 1 unspecified atom stereocenters. The van der Waals surface area contributed by atoms with Crippen molar-refractivity contribution in [2.24, 2.45) is 5.92 Å². The molecule has 0 aromatic carbocycles. The molecule has 4 nitrogen and oxygen atoms in total. The largest absolute Gasteiger partial charge is 0.368 e. The van der Waals surface area contributed by atoms with Crippen molar-refractivity contribution in [3.05, 3.63) is 0 Å². The number of hydrogen-bond acceptors (Lipinski definition) is 3. The third-order valence-corrected chi connectivity index (χ3v) is 3.78. The van der Waals surface area contributed by atoms with Crippen molar-refractivity contribution in [3.63, 3.8) is 0 Å². The lowest BCUT2D eigenvalue weighted by atomic mass is 9.99. The molecule has 0 aromatic heterocycles. The van der Waals surface area contributed by atoms with Crippen LogP contribution in [-0.2, 0) is 9.53 Å². The average Bonchev–Trinajstić information content (AvgIpc) is 2.90. The van der Waals surface area contributed by atoms with Crippen LogP contribution in [0.15, 0.2) is 0 Å². The van der Waals surface area contributed by atoms with Crippen molar-refractivity contribution in [2.75, 3.05) is 32.8 Å². The number of carbonyl (C=O) groups excluding carboxylic acids is 1. The lowest BCUT2D eigenvalue weighted by Gasteiger charge is -2.30. The summed E-state index contributed by atoms with van der Waals surface area (Å²) in [6.07, 6.45) is 4.24. The van der Waals surface area contributed by atoms with E-state index in [1.54, 1.807) is 0 Å². The Kier molecular flexibility index (Phi) is 4.80. The second kappa shape index (κ2) is 6.36. The van der Waals surface area contributed by atoms with Gasteiger partial charge in [0.1, 0.15) is 6.10 Å². The standard InChI is InChI=1S/C13H24N2O2/c1-2-15(10-11-5-3-7-14-9-11)13(16)12-6-4-8-17-12/h11-12,14H,2-10H2,1H3/t11?,12-/m1/s1. The molecule has 2 heterocycles. The maximum atomic E-state index is 12.2. The number of rotatable bonds is 4. The summed E-state index contributed by atoms with van der Waals surface area (Å²) in [5.74, 6) is 0.824. The van der Waals surface area contributed by atoms with Crippen molar-refractivity contribution in [2.45, 2.75) is 38.7 Å². The minimum atomic E-state index is -0.161. The summed E-state index contributed by atoms with van der Waals surface area (Å²) in [4.78, 5) is 14.2. The Bertz CT molecular complexity index is 246. The van der Waals surface area contributed by atoms with Crippen molar-refractivity contribution >= 4 is 5.91 Å². The Morgan fingerprint density at radius 3 is 2.88 bits per heavy atom. The van der Waals surface area contributed by atoms with Gasteiger partial charge in [-0.3, -0.25) is 4.79 Å². The van der Waals surface area contributed by atoms with Crippen LogP contribution < -0.4 is 5.32 Å². The molecule has 2 saturated heterocycles. The van der Waals surface area contributed by atoms with Crippen LogP contribution in [0.5, 0.6) is 0 Å². The Hall–Kier alpha value is -0.610. The van der Waals surface area contributed by atoms with E-state index in [1.807, 2.05) is 4.90 Å². The van der Waals surface area contributed by atoms with Crippen molar-refractivity contribution in [1.82, 2.24) is 10.2 Å². The number of piperidine rings is 1. The van der Waals surface area contributed by atoms with Gasteiger partial charge in [-0.15, -0.1) is 0 Å². The molecule has 4 heteroatoms. The van der Waals surface area contributed by atoms with Gasteiger partial charge in [-0.2, -0.15) is 0 Å². The van der Waals surface area contributed by atoms with Gasteiger partial charge < -0.3 is 15.0 Å². The SMILES string of the molecule is CCN(CC1CCCNC1)C(=O)[C@H]1CCCO1. The highest BCUT2D eigenvalue weighted by Gasteiger charge is 2.29. The Morgan fingerprint density at radius 2 is 2.29 bits per heavy atom. The maximum Gasteiger partial charge on any atom is 0.251 e. The Balaban J connectivity index is 1.83. The highest BCUT2D eigenvalue weighted by Crippen LogP contribution is 2.17. The van der Waals surface area contributed by atoms with Crippen LogP contribution in [0.3, 0.4) is 0 Å². The van der Waals surface area contributed by atoms with Gasteiger partial charge in [-0.1, -0.05) is 0 Å². The predicted octanol–water partition coefficient (Wildman–Crippen LogP) is 1.01. The molecule has 1 amide bonds. The van der Waals surface area contributed by atoms with Gasteiger partial charge in [0.05, 0.1) is 0 Å². The van der Waals surface area contributed by atoms with Crippen LogP contribution in [-0.4, -0.2) is 49.7 Å². The van der Waals surface area contributed by atoms with Crippen LogP contribution in [0.2, 0.25) is 0 Å². The predicted molar refractivity (Wildman–Crippen MR) is 66.8 cm³/mol. The van der Waals surface area contributed by atoms with Crippen LogP contribution >= 0.6 is 0 Å². The summed E-state index contributed by atoms with van der Waals surface area (Å²) in [5, 5.41) is 3.40. The fourth-order valence-corrected chi connectivity index (χ4v) is 2.74. The molecule has 17 heavy (non-hydrogen) atoms. The van der Waals surface area contributed by atoms with E-state index in [1.165, 1.54) is 12.8 Å². The normalized spacial score (nSPS) is 29.2. The molecule has 2 atom stereocenters. The number of nitrogens with one attached hydrogen (secondary N) is 1. The highest BCUT2D eigenvalue weighted by molar-refractivity contribution is 5.81. The van der Waals surface area contributed by atoms with E-state index in [4.69, 9.17) is 4.74 Å². The van der Waals surface area contributed by atoms with E-state index in [0.29, 0.717) is 5.92 Å². The first kappa shape index (κ1) is 12.8. The minimum Gasteiger partial charge on any atom is -0.368 e. The molecule has 2 rings (SSSR count). The van der Waals surface area contributed by atoms with Crippen molar-refractivity contribution in [1.29, 1.82) is 0 Å². The van der Waals surface area contributed by atoms with E-state index in [0.717, 1.165) is 45.6 Å². The third-order valence-electron chi connectivity index (χ3n) is 3.78. The monoisotopic (exact) mass is 240 g/mol. The van der Waals surface area contributed by atoms with E-state index in [2.05, 4.69) is 12.2 Å². The Morgan fingerprint density at radius 1 is 1.41 bits per heavy atom. The zero-order chi connectivity index (χ0) is 12.1. The second-order valence-electron chi connectivity index (χ2n) is 5.09. The lowest BCUT2D eigenvalue weighted by molar-refractivity contribution is -0.141. The van der Waals surface area contributed by atoms with Crippen LogP contribution in [0.4, 0.5) is 0 Å². The molecule has 0 spiro atoms. The molecule has 2 aliphatic rings. The number of hydrogen-bond donors (Lipinski definition) is 1. The first-order valence-electron chi connectivity index (χ1n) is 6.92. The summed E-state index contributed by atoms with van der Waals surface area (Å²) >= 11 is 0. The average molecular weight is 240 g/mol. The van der Waals surface area contributed by atoms with Gasteiger partial charge in [0, 0.05) is 19.7 Å². The topological polar surface area (TPSA) is 41.6 Å². The molecular weight excluding hydrogens is 216 g/mol. The maximum absolute atomic E-state index is 12.2. The number of likely N-dealkylation sites (N-methyl/N-ethyl adjacent to an activating group) is 1. The second-order valence-corrected chi connectivity index (χ2v) is 5.09. The summed E-state index contributed by atoms with van der Waals surface area (Å²) < 4.78 is 5.48. The highest BCUT2D eigenvalue weighted by atomic mass is 16.5. The van der Waals surface area contributed by atoms with Gasteiger partial charge in [0.25, 0.3) is 5.91 Å². The molecule has 0 aromatic rings. The molecular formula is C13H24N2O2. The first-order chi connectivity index (χ1) is 8.31. The number of amides is 1. The summed E-state index contributed by atoms with van der Waals surface area (Å²) in [6.45, 7) is 6.68. The minimum absolute atomic E-state index is 0.161. The van der Waals surface area contributed by atoms with E-state index >= 15 is 0 Å². The first-order valence-corrected chi connectivity index (χ1v) is 6.92. The van der Waals surface area contributed by atoms with Crippen LogP contribution in [0, 0.1) is 5.92 Å². The fourth-order valence-electron chi connectivity index (χ4n) is 2.74. The van der Waals surface area contributed by atoms with Gasteiger partial charge in [0.2, 0.25) is 0 Å². The number of ether oxygens (including phenoxy) is 1. The Labute approximate surface area is 104 Å². The van der Waals surface area contributed by atoms with Crippen molar-refractivity contribution < 1.29 is 9.53 Å². The van der Waals surface area contributed by atoms with Gasteiger partial charge in [-0.05, 0) is 51.6 Å². The van der Waals surface area contributed by atoms with Gasteiger partial charge >= 0.3 is 0 Å². The van der Waals surface area contributed by atoms with Gasteiger partial charge in [0.15, 0.2) is 0 Å². The summed E-state index contributed by atoms with van der Waals surface area (Å²) in [5.41, 5.74) is 0. The zero-order valence-corrected chi connectivity index (χ0v) is 10.8. The number of nitrogens with zero attached hydrogens (tertiary/aromatic N) is 1. The molecule has 1 N–H and O–H groups in total. The number of carbonyl (C=O) groups is 1. The molecule has 2 fully saturated rings. The van der Waals surface area contributed by atoms with Crippen LogP contribution in [0.25, 0.3) is 0 Å². The molecule has 0 saturated carbocycles. The molecule has 98 valence electrons.